The van der Waals surface area contributed by atoms with E-state index in [4.69, 9.17) is 20.1 Å². The number of nitrogen functional groups attached to an aromatic ring is 1. The zero-order valence-corrected chi connectivity index (χ0v) is 14.5. The van der Waals surface area contributed by atoms with Crippen molar-refractivity contribution < 1.29 is 27.5 Å². The standard InChI is InChI=1S/C17H13N3O.C2HF3O2/c1-11-15(12-6-3-2-4-7-12)16(14-8-5-9-21-14)13(10-18)17(19)20-11;3-2(4,5)1(6)7/h2-9H,1H3,(H2,19,20);(H,6,7). The average Bonchev–Trinajstić information content (AvgIpc) is 3.16. The lowest BCUT2D eigenvalue weighted by atomic mass is 9.93. The van der Waals surface area contributed by atoms with Crippen molar-refractivity contribution in [3.8, 4) is 28.5 Å². The minimum Gasteiger partial charge on any atom is -0.475 e. The summed E-state index contributed by atoms with van der Waals surface area (Å²) in [5.41, 5.74) is 9.56. The first-order valence-corrected chi connectivity index (χ1v) is 7.76. The van der Waals surface area contributed by atoms with Crippen molar-refractivity contribution in [2.45, 2.75) is 13.1 Å². The number of anilines is 1. The summed E-state index contributed by atoms with van der Waals surface area (Å²) in [6, 6.07) is 15.6. The molecule has 1 aromatic carbocycles. The van der Waals surface area contributed by atoms with Gasteiger partial charge in [0.15, 0.2) is 0 Å². The van der Waals surface area contributed by atoms with Crippen LogP contribution >= 0.6 is 0 Å². The van der Waals surface area contributed by atoms with Gasteiger partial charge < -0.3 is 15.3 Å². The first-order chi connectivity index (χ1) is 13.2. The third-order valence-corrected chi connectivity index (χ3v) is 3.59. The van der Waals surface area contributed by atoms with Crippen LogP contribution in [0.25, 0.3) is 22.5 Å². The number of nitriles is 1. The molecule has 0 amide bonds. The number of hydrogen-bond acceptors (Lipinski definition) is 5. The molecular weight excluding hydrogens is 375 g/mol. The normalized spacial score (nSPS) is 10.5. The van der Waals surface area contributed by atoms with E-state index >= 15 is 0 Å². The molecule has 3 rings (SSSR count). The first kappa shape index (κ1) is 20.5. The molecule has 0 radical (unpaired) electrons. The van der Waals surface area contributed by atoms with Gasteiger partial charge in [0.2, 0.25) is 0 Å². The maximum atomic E-state index is 10.6. The SMILES string of the molecule is Cc1nc(N)c(C#N)c(-c2ccco2)c1-c1ccccc1.O=C(O)C(F)(F)F. The number of aliphatic carboxylic acids is 1. The molecule has 2 aromatic heterocycles. The van der Waals surface area contributed by atoms with Crippen LogP contribution in [0.1, 0.15) is 11.3 Å². The number of benzene rings is 1. The Morgan fingerprint density at radius 2 is 1.79 bits per heavy atom. The maximum absolute atomic E-state index is 10.6. The second-order valence-corrected chi connectivity index (χ2v) is 5.47. The Balaban J connectivity index is 0.000000345. The third kappa shape index (κ3) is 4.48. The van der Waals surface area contributed by atoms with Crippen molar-refractivity contribution in [1.29, 1.82) is 5.26 Å². The Kier molecular flexibility index (Phi) is 6.05. The molecular formula is C19H14F3N3O3. The number of pyridine rings is 1. The number of carbonyl (C=O) groups is 1. The highest BCUT2D eigenvalue weighted by Crippen LogP contribution is 2.38. The second kappa shape index (κ2) is 8.26. The van der Waals surface area contributed by atoms with Crippen LogP contribution in [0.4, 0.5) is 19.0 Å². The number of furan rings is 1. The van der Waals surface area contributed by atoms with Crippen LogP contribution in [0.2, 0.25) is 0 Å². The number of nitrogens with two attached hydrogens (primary N) is 1. The highest BCUT2D eigenvalue weighted by atomic mass is 19.4. The van der Waals surface area contributed by atoms with Gasteiger partial charge in [-0.05, 0) is 24.6 Å². The summed E-state index contributed by atoms with van der Waals surface area (Å²) in [6.45, 7) is 1.88. The van der Waals surface area contributed by atoms with Gasteiger partial charge in [0.25, 0.3) is 0 Å². The Morgan fingerprint density at radius 1 is 1.18 bits per heavy atom. The molecule has 3 N–H and O–H groups in total. The average molecular weight is 389 g/mol. The Labute approximate surface area is 157 Å². The van der Waals surface area contributed by atoms with E-state index in [0.717, 1.165) is 16.8 Å². The van der Waals surface area contributed by atoms with Crippen LogP contribution in [0.5, 0.6) is 0 Å². The van der Waals surface area contributed by atoms with Crippen molar-refractivity contribution in [2.24, 2.45) is 0 Å². The summed E-state index contributed by atoms with van der Waals surface area (Å²) in [4.78, 5) is 13.2. The van der Waals surface area contributed by atoms with Gasteiger partial charge in [-0.3, -0.25) is 0 Å². The summed E-state index contributed by atoms with van der Waals surface area (Å²) in [6.07, 6.45) is -3.50. The Hall–Kier alpha value is -3.80. The Morgan fingerprint density at radius 3 is 2.25 bits per heavy atom. The molecule has 0 saturated carbocycles. The number of aromatic nitrogens is 1. The molecule has 3 aromatic rings. The van der Waals surface area contributed by atoms with Gasteiger partial charge in [-0.15, -0.1) is 0 Å². The predicted molar refractivity (Wildman–Crippen MR) is 94.9 cm³/mol. The summed E-state index contributed by atoms with van der Waals surface area (Å²) in [5, 5.41) is 16.6. The van der Waals surface area contributed by atoms with E-state index < -0.39 is 12.1 Å². The van der Waals surface area contributed by atoms with Gasteiger partial charge in [0.1, 0.15) is 23.2 Å². The molecule has 144 valence electrons. The lowest BCUT2D eigenvalue weighted by molar-refractivity contribution is -0.192. The largest absolute Gasteiger partial charge is 0.490 e. The van der Waals surface area contributed by atoms with E-state index in [1.165, 1.54) is 0 Å². The van der Waals surface area contributed by atoms with Crippen LogP contribution in [-0.4, -0.2) is 22.2 Å². The molecule has 0 fully saturated rings. The maximum Gasteiger partial charge on any atom is 0.490 e. The molecule has 0 bridgehead atoms. The molecule has 0 spiro atoms. The van der Waals surface area contributed by atoms with Crippen molar-refractivity contribution in [1.82, 2.24) is 4.98 Å². The summed E-state index contributed by atoms with van der Waals surface area (Å²) in [7, 11) is 0. The molecule has 2 heterocycles. The number of rotatable bonds is 2. The number of halogens is 3. The lowest BCUT2D eigenvalue weighted by Gasteiger charge is -2.14. The molecule has 6 nitrogen and oxygen atoms in total. The van der Waals surface area contributed by atoms with Crippen molar-refractivity contribution in [2.75, 3.05) is 5.73 Å². The molecule has 0 atom stereocenters. The fraction of sp³-hybridized carbons (Fsp3) is 0.105. The van der Waals surface area contributed by atoms with Crippen molar-refractivity contribution >= 4 is 11.8 Å². The van der Waals surface area contributed by atoms with Crippen LogP contribution in [-0.2, 0) is 4.79 Å². The molecule has 0 aliphatic rings. The van der Waals surface area contributed by atoms with E-state index in [-0.39, 0.29) is 5.82 Å². The summed E-state index contributed by atoms with van der Waals surface area (Å²) < 4.78 is 37.2. The van der Waals surface area contributed by atoms with E-state index in [2.05, 4.69) is 11.1 Å². The van der Waals surface area contributed by atoms with E-state index in [1.807, 2.05) is 43.3 Å². The number of nitrogens with zero attached hydrogens (tertiary/aromatic N) is 2. The molecule has 0 saturated heterocycles. The van der Waals surface area contributed by atoms with E-state index in [0.29, 0.717) is 16.9 Å². The molecule has 28 heavy (non-hydrogen) atoms. The second-order valence-electron chi connectivity index (χ2n) is 5.47. The molecule has 9 heteroatoms. The van der Waals surface area contributed by atoms with Gasteiger partial charge in [-0.25, -0.2) is 9.78 Å². The van der Waals surface area contributed by atoms with Crippen molar-refractivity contribution in [3.05, 3.63) is 60.0 Å². The minimum absolute atomic E-state index is 0.223. The fourth-order valence-electron chi connectivity index (χ4n) is 2.46. The van der Waals surface area contributed by atoms with Gasteiger partial charge in [0.05, 0.1) is 6.26 Å². The first-order valence-electron chi connectivity index (χ1n) is 7.76. The molecule has 0 aliphatic heterocycles. The molecule has 0 unspecified atom stereocenters. The number of aryl methyl sites for hydroxylation is 1. The third-order valence-electron chi connectivity index (χ3n) is 3.59. The van der Waals surface area contributed by atoms with Gasteiger partial charge in [0, 0.05) is 16.8 Å². The van der Waals surface area contributed by atoms with Crippen LogP contribution in [0.15, 0.2) is 53.1 Å². The van der Waals surface area contributed by atoms with Gasteiger partial charge in [-0.1, -0.05) is 30.3 Å². The Bertz CT molecular complexity index is 1010. The minimum atomic E-state index is -5.08. The van der Waals surface area contributed by atoms with E-state index in [9.17, 15) is 18.4 Å². The van der Waals surface area contributed by atoms with Crippen LogP contribution in [0, 0.1) is 18.3 Å². The number of hydrogen-bond donors (Lipinski definition) is 2. The zero-order chi connectivity index (χ0) is 20.9. The predicted octanol–water partition coefficient (Wildman–Crippen LogP) is 4.40. The summed E-state index contributed by atoms with van der Waals surface area (Å²) >= 11 is 0. The quantitative estimate of drug-likeness (QED) is 0.671. The highest BCUT2D eigenvalue weighted by Gasteiger charge is 2.38. The van der Waals surface area contributed by atoms with Crippen LogP contribution < -0.4 is 5.73 Å². The smallest absolute Gasteiger partial charge is 0.475 e. The lowest BCUT2D eigenvalue weighted by Crippen LogP contribution is -2.21. The van der Waals surface area contributed by atoms with Gasteiger partial charge >= 0.3 is 12.1 Å². The van der Waals surface area contributed by atoms with Gasteiger partial charge in [-0.2, -0.15) is 18.4 Å². The number of alkyl halides is 3. The zero-order valence-electron chi connectivity index (χ0n) is 14.5. The number of carboxylic acids is 1. The number of carboxylic acid groups (broad SMARTS) is 1. The summed E-state index contributed by atoms with van der Waals surface area (Å²) in [5.74, 6) is -1.92. The van der Waals surface area contributed by atoms with Crippen molar-refractivity contribution in [3.63, 3.8) is 0 Å². The fourth-order valence-corrected chi connectivity index (χ4v) is 2.46. The topological polar surface area (TPSA) is 113 Å². The monoisotopic (exact) mass is 389 g/mol. The molecule has 0 aliphatic carbocycles. The van der Waals surface area contributed by atoms with E-state index in [1.54, 1.807) is 12.3 Å². The highest BCUT2D eigenvalue weighted by molar-refractivity contribution is 5.89. The van der Waals surface area contributed by atoms with Crippen LogP contribution in [0.3, 0.4) is 0 Å².